The maximum Gasteiger partial charge on any atom is 0.303 e. The molecule has 0 spiro atoms. The van der Waals surface area contributed by atoms with Gasteiger partial charge < -0.3 is 5.11 Å². The van der Waals surface area contributed by atoms with E-state index in [0.717, 1.165) is 0 Å². The normalized spacial score (nSPS) is 14.6. The molecule has 0 saturated heterocycles. The van der Waals surface area contributed by atoms with Crippen molar-refractivity contribution < 1.29 is 12.6 Å². The Morgan fingerprint density at radius 2 is 2.38 bits per heavy atom. The fourth-order valence-electron chi connectivity index (χ4n) is 0.416. The van der Waals surface area contributed by atoms with Gasteiger partial charge >= 0.3 is 5.97 Å². The minimum absolute atomic E-state index is 0.0628. The highest BCUT2D eigenvalue weighted by Crippen LogP contribution is 1.97. The lowest BCUT2D eigenvalue weighted by Gasteiger charge is -1.89. The zero-order valence-corrected chi connectivity index (χ0v) is 4.98. The zero-order chi connectivity index (χ0) is 8.20. The van der Waals surface area contributed by atoms with Gasteiger partial charge in [0, 0.05) is 9.16 Å². The lowest BCUT2D eigenvalue weighted by Crippen LogP contribution is -1.92. The molecular formula is C6H12O2. The molecule has 0 fully saturated rings. The second kappa shape index (κ2) is 4.62. The number of carbonyl (C=O) groups is 1. The molecule has 0 atom stereocenters. The Kier molecular flexibility index (Phi) is 2.52. The van der Waals surface area contributed by atoms with Crippen molar-refractivity contribution in [2.45, 2.75) is 32.6 Å². The predicted octanol–water partition coefficient (Wildman–Crippen LogP) is 1.65. The van der Waals surface area contributed by atoms with Crippen LogP contribution in [0.15, 0.2) is 0 Å². The van der Waals surface area contributed by atoms with E-state index in [0.29, 0.717) is 12.8 Å². The lowest BCUT2D eigenvalue weighted by molar-refractivity contribution is -0.137. The van der Waals surface area contributed by atoms with Crippen LogP contribution in [0.2, 0.25) is 0 Å². The van der Waals surface area contributed by atoms with Crippen LogP contribution < -0.4 is 0 Å². The van der Waals surface area contributed by atoms with Crippen LogP contribution in [0.25, 0.3) is 0 Å². The molecule has 0 aliphatic heterocycles. The molecule has 0 amide bonds. The van der Waals surface area contributed by atoms with Crippen LogP contribution >= 0.6 is 0 Å². The van der Waals surface area contributed by atoms with E-state index in [1.165, 1.54) is 6.92 Å². The van der Waals surface area contributed by atoms with Crippen LogP contribution in [0.1, 0.15) is 35.3 Å². The maximum absolute atomic E-state index is 9.96. The average molecular weight is 118 g/mol. The minimum atomic E-state index is -1.23. The van der Waals surface area contributed by atoms with Crippen molar-refractivity contribution in [3.8, 4) is 0 Å². The Bertz CT molecular complexity index is 117. The van der Waals surface area contributed by atoms with Crippen LogP contribution in [-0.2, 0) is 4.79 Å². The van der Waals surface area contributed by atoms with Gasteiger partial charge in [-0.2, -0.15) is 0 Å². The monoisotopic (exact) mass is 118 g/mol. The quantitative estimate of drug-likeness (QED) is 0.609. The van der Waals surface area contributed by atoms with Crippen LogP contribution in [0.3, 0.4) is 0 Å². The summed E-state index contributed by atoms with van der Waals surface area (Å²) >= 11 is 0. The van der Waals surface area contributed by atoms with E-state index < -0.39 is 12.3 Å². The van der Waals surface area contributed by atoms with Gasteiger partial charge in [-0.15, -0.1) is 0 Å². The number of carboxylic acids is 1. The fourth-order valence-corrected chi connectivity index (χ4v) is 0.416. The van der Waals surface area contributed by atoms with Crippen molar-refractivity contribution in [1.29, 1.82) is 0 Å². The van der Waals surface area contributed by atoms with Gasteiger partial charge in [-0.3, -0.25) is 4.79 Å². The maximum atomic E-state index is 9.96. The molecule has 0 heterocycles. The fraction of sp³-hybridized carbons (Fsp3) is 0.833. The number of hydrogen-bond acceptors (Lipinski definition) is 1. The van der Waals surface area contributed by atoms with Gasteiger partial charge in [0.05, 0.1) is 0 Å². The Hall–Kier alpha value is -0.530. The summed E-state index contributed by atoms with van der Waals surface area (Å²) < 4.78 is 14.1. The highest BCUT2D eigenvalue weighted by atomic mass is 16.4. The first kappa shape index (κ1) is 4.36. The van der Waals surface area contributed by atoms with Gasteiger partial charge in [-0.05, 0) is 6.42 Å². The molecular weight excluding hydrogens is 104 g/mol. The third-order valence-electron chi connectivity index (χ3n) is 0.817. The Balaban J connectivity index is 3.29. The molecule has 0 aliphatic rings. The molecule has 0 aliphatic carbocycles. The molecule has 1 N–H and O–H groups in total. The van der Waals surface area contributed by atoms with E-state index in [-0.39, 0.29) is 6.42 Å². The highest BCUT2D eigenvalue weighted by Gasteiger charge is 1.92. The van der Waals surface area contributed by atoms with E-state index in [1.54, 1.807) is 0 Å². The van der Waals surface area contributed by atoms with Crippen molar-refractivity contribution in [1.82, 2.24) is 0 Å². The van der Waals surface area contributed by atoms with Gasteiger partial charge in [0.2, 0.25) is 0 Å². The molecule has 0 unspecified atom stereocenters. The lowest BCUT2D eigenvalue weighted by atomic mass is 10.2. The molecule has 0 rings (SSSR count). The zero-order valence-electron chi connectivity index (χ0n) is 6.98. The topological polar surface area (TPSA) is 37.3 Å². The summed E-state index contributed by atoms with van der Waals surface area (Å²) in [6, 6.07) is 0. The molecule has 2 nitrogen and oxygen atoms in total. The third kappa shape index (κ3) is 5.47. The summed E-state index contributed by atoms with van der Waals surface area (Å²) in [6.07, 6.45) is -0.430. The molecule has 0 bridgehead atoms. The van der Waals surface area contributed by atoms with Gasteiger partial charge in [0.15, 0.2) is 0 Å². The first-order chi connectivity index (χ1) is 4.42. The number of rotatable bonds is 4. The standard InChI is InChI=1S/C6H12O2/c1-2-3-4-5-6(7)8/h2-5H2,1H3,(H,7,8)/i2D2. The second-order valence-electron chi connectivity index (χ2n) is 1.60. The largest absolute Gasteiger partial charge is 0.481 e. The molecule has 0 saturated carbocycles. The number of aliphatic carboxylic acids is 1. The van der Waals surface area contributed by atoms with E-state index >= 15 is 0 Å². The molecule has 0 radical (unpaired) electrons. The van der Waals surface area contributed by atoms with Gasteiger partial charge in [0.25, 0.3) is 0 Å². The summed E-state index contributed by atoms with van der Waals surface area (Å²) in [7, 11) is 0. The van der Waals surface area contributed by atoms with E-state index in [1.807, 2.05) is 0 Å². The Morgan fingerprint density at radius 1 is 1.75 bits per heavy atom. The number of carboxylic acid groups (broad SMARTS) is 1. The smallest absolute Gasteiger partial charge is 0.303 e. The Morgan fingerprint density at radius 3 is 2.75 bits per heavy atom. The Labute approximate surface area is 52.3 Å². The summed E-state index contributed by atoms with van der Waals surface area (Å²) in [5, 5.41) is 8.19. The van der Waals surface area contributed by atoms with Gasteiger partial charge in [-0.25, -0.2) is 0 Å². The molecule has 2 heteroatoms. The third-order valence-corrected chi connectivity index (χ3v) is 0.817. The van der Waals surface area contributed by atoms with E-state index in [4.69, 9.17) is 7.85 Å². The highest BCUT2D eigenvalue weighted by molar-refractivity contribution is 5.66. The van der Waals surface area contributed by atoms with Gasteiger partial charge in [0.1, 0.15) is 0 Å². The van der Waals surface area contributed by atoms with Crippen molar-refractivity contribution in [2.75, 3.05) is 0 Å². The van der Waals surface area contributed by atoms with Crippen molar-refractivity contribution in [3.63, 3.8) is 0 Å². The van der Waals surface area contributed by atoms with Crippen LogP contribution in [0.5, 0.6) is 0 Å². The first-order valence-corrected chi connectivity index (χ1v) is 2.63. The van der Waals surface area contributed by atoms with Crippen molar-refractivity contribution in [3.05, 3.63) is 0 Å². The SMILES string of the molecule is [2H]C([2H])(C)CCCC(=O)O. The molecule has 0 aromatic heterocycles. The van der Waals surface area contributed by atoms with Gasteiger partial charge in [-0.1, -0.05) is 19.7 Å². The summed E-state index contributed by atoms with van der Waals surface area (Å²) in [4.78, 5) is 9.96. The molecule has 8 heavy (non-hydrogen) atoms. The summed E-state index contributed by atoms with van der Waals surface area (Å²) in [5.41, 5.74) is 0. The summed E-state index contributed by atoms with van der Waals surface area (Å²) in [5.74, 6) is -0.857. The summed E-state index contributed by atoms with van der Waals surface area (Å²) in [6.45, 7) is 1.45. The van der Waals surface area contributed by atoms with Crippen LogP contribution in [0, 0.1) is 0 Å². The predicted molar refractivity (Wildman–Crippen MR) is 31.8 cm³/mol. The van der Waals surface area contributed by atoms with Crippen molar-refractivity contribution in [2.24, 2.45) is 0 Å². The molecule has 48 valence electrons. The second-order valence-corrected chi connectivity index (χ2v) is 1.60. The van der Waals surface area contributed by atoms with E-state index in [9.17, 15) is 4.79 Å². The molecule has 0 aromatic rings. The van der Waals surface area contributed by atoms with E-state index in [2.05, 4.69) is 0 Å². The van der Waals surface area contributed by atoms with Crippen LogP contribution in [-0.4, -0.2) is 11.1 Å². The van der Waals surface area contributed by atoms with Crippen molar-refractivity contribution >= 4 is 5.97 Å². The number of hydrogen-bond donors (Lipinski definition) is 1. The van der Waals surface area contributed by atoms with Crippen LogP contribution in [0.4, 0.5) is 0 Å². The average Bonchev–Trinajstić information content (AvgIpc) is 1.59. The minimum Gasteiger partial charge on any atom is -0.481 e. The first-order valence-electron chi connectivity index (χ1n) is 3.63. The molecule has 0 aromatic carbocycles.